The van der Waals surface area contributed by atoms with E-state index in [9.17, 15) is 9.90 Å². The molecule has 0 amide bonds. The Bertz CT molecular complexity index is 1180. The molecule has 3 aromatic carbocycles. The Morgan fingerprint density at radius 1 is 0.931 bits per heavy atom. The third kappa shape index (κ3) is 3.62. The van der Waals surface area contributed by atoms with Crippen LogP contribution in [0.2, 0.25) is 0 Å². The Hall–Kier alpha value is -3.50. The number of pyridine rings is 1. The molecule has 0 bridgehead atoms. The largest absolute Gasteiger partial charge is 0.478 e. The molecular formula is C25H22N2O2. The van der Waals surface area contributed by atoms with Crippen LogP contribution in [0.25, 0.3) is 33.3 Å². The van der Waals surface area contributed by atoms with E-state index in [4.69, 9.17) is 10.7 Å². The van der Waals surface area contributed by atoms with Gasteiger partial charge < -0.3 is 10.8 Å². The highest BCUT2D eigenvalue weighted by molar-refractivity contribution is 6.05. The number of nitrogens with zero attached hydrogens (tertiary/aromatic N) is 1. The van der Waals surface area contributed by atoms with Crippen molar-refractivity contribution in [1.82, 2.24) is 4.98 Å². The smallest absolute Gasteiger partial charge is 0.336 e. The molecule has 0 fully saturated rings. The number of rotatable bonds is 5. The molecule has 0 unspecified atom stereocenters. The lowest BCUT2D eigenvalue weighted by Crippen LogP contribution is -2.06. The Morgan fingerprint density at radius 3 is 2.24 bits per heavy atom. The van der Waals surface area contributed by atoms with Gasteiger partial charge in [0.15, 0.2) is 0 Å². The van der Waals surface area contributed by atoms with E-state index in [1.54, 1.807) is 0 Å². The molecule has 0 atom stereocenters. The van der Waals surface area contributed by atoms with Crippen molar-refractivity contribution in [2.45, 2.75) is 13.3 Å². The van der Waals surface area contributed by atoms with Crippen LogP contribution >= 0.6 is 0 Å². The maximum absolute atomic E-state index is 12.1. The minimum atomic E-state index is -0.943. The highest BCUT2D eigenvalue weighted by Crippen LogP contribution is 2.31. The molecule has 1 aromatic heterocycles. The van der Waals surface area contributed by atoms with Crippen LogP contribution in [-0.4, -0.2) is 22.6 Å². The first-order chi connectivity index (χ1) is 14.1. The Kier molecular flexibility index (Phi) is 5.10. The summed E-state index contributed by atoms with van der Waals surface area (Å²) in [5, 5.41) is 10.6. The fourth-order valence-electron chi connectivity index (χ4n) is 3.74. The molecular weight excluding hydrogens is 360 g/mol. The molecule has 0 aliphatic carbocycles. The minimum absolute atomic E-state index is 0.302. The van der Waals surface area contributed by atoms with Gasteiger partial charge in [0.1, 0.15) is 0 Å². The van der Waals surface area contributed by atoms with E-state index in [0.717, 1.165) is 22.3 Å². The molecule has 4 nitrogen and oxygen atoms in total. The predicted molar refractivity (Wildman–Crippen MR) is 117 cm³/mol. The number of fused-ring (bicyclic) bond motifs is 1. The second-order valence-corrected chi connectivity index (χ2v) is 7.10. The Balaban J connectivity index is 1.84. The van der Waals surface area contributed by atoms with Crippen LogP contribution in [-0.2, 0) is 6.42 Å². The molecule has 0 saturated heterocycles. The van der Waals surface area contributed by atoms with Crippen molar-refractivity contribution >= 4 is 16.9 Å². The fraction of sp³-hybridized carbons (Fsp3) is 0.120. The molecule has 1 heterocycles. The van der Waals surface area contributed by atoms with Gasteiger partial charge in [-0.2, -0.15) is 0 Å². The molecule has 144 valence electrons. The number of benzene rings is 3. The van der Waals surface area contributed by atoms with Crippen molar-refractivity contribution < 1.29 is 9.90 Å². The van der Waals surface area contributed by atoms with Crippen molar-refractivity contribution in [3.63, 3.8) is 0 Å². The molecule has 0 spiro atoms. The molecule has 0 radical (unpaired) electrons. The van der Waals surface area contributed by atoms with Gasteiger partial charge in [0, 0.05) is 10.9 Å². The SMILES string of the molecule is Cc1c(-c2ccc(-c3ccccc3)cc2)nc2ccc(CCN)cc2c1C(=O)O. The van der Waals surface area contributed by atoms with Gasteiger partial charge >= 0.3 is 5.97 Å². The van der Waals surface area contributed by atoms with Crippen molar-refractivity contribution in [2.75, 3.05) is 6.54 Å². The average molecular weight is 382 g/mol. The fourth-order valence-corrected chi connectivity index (χ4v) is 3.74. The van der Waals surface area contributed by atoms with Gasteiger partial charge in [-0.15, -0.1) is 0 Å². The van der Waals surface area contributed by atoms with Crippen LogP contribution in [0, 0.1) is 6.92 Å². The van der Waals surface area contributed by atoms with E-state index in [-0.39, 0.29) is 0 Å². The number of nitrogens with two attached hydrogens (primary N) is 1. The van der Waals surface area contributed by atoms with Crippen LogP contribution in [0.3, 0.4) is 0 Å². The average Bonchev–Trinajstić information content (AvgIpc) is 2.74. The maximum atomic E-state index is 12.1. The summed E-state index contributed by atoms with van der Waals surface area (Å²) >= 11 is 0. The minimum Gasteiger partial charge on any atom is -0.478 e. The molecule has 0 saturated carbocycles. The van der Waals surface area contributed by atoms with Crippen molar-refractivity contribution in [1.29, 1.82) is 0 Å². The second kappa shape index (κ2) is 7.86. The topological polar surface area (TPSA) is 76.2 Å². The summed E-state index contributed by atoms with van der Waals surface area (Å²) in [7, 11) is 0. The molecule has 0 aliphatic rings. The number of carboxylic acids is 1. The van der Waals surface area contributed by atoms with Gasteiger partial charge in [-0.05, 0) is 54.3 Å². The van der Waals surface area contributed by atoms with Gasteiger partial charge in [-0.3, -0.25) is 0 Å². The van der Waals surface area contributed by atoms with Crippen LogP contribution in [0.1, 0.15) is 21.5 Å². The lowest BCUT2D eigenvalue weighted by Gasteiger charge is -2.13. The summed E-state index contributed by atoms with van der Waals surface area (Å²) in [6.45, 7) is 2.35. The van der Waals surface area contributed by atoms with E-state index in [2.05, 4.69) is 12.1 Å². The number of carbonyl (C=O) groups is 1. The van der Waals surface area contributed by atoms with Gasteiger partial charge in [-0.25, -0.2) is 9.78 Å². The van der Waals surface area contributed by atoms with E-state index in [1.807, 2.05) is 67.6 Å². The zero-order chi connectivity index (χ0) is 20.4. The maximum Gasteiger partial charge on any atom is 0.336 e. The zero-order valence-electron chi connectivity index (χ0n) is 16.2. The summed E-state index contributed by atoms with van der Waals surface area (Å²) in [5.74, 6) is -0.943. The number of hydrogen-bond donors (Lipinski definition) is 2. The van der Waals surface area contributed by atoms with Crippen molar-refractivity contribution in [3.05, 3.63) is 89.5 Å². The van der Waals surface area contributed by atoms with Gasteiger partial charge in [0.25, 0.3) is 0 Å². The number of hydrogen-bond acceptors (Lipinski definition) is 3. The monoisotopic (exact) mass is 382 g/mol. The van der Waals surface area contributed by atoms with Gasteiger partial charge in [0.2, 0.25) is 0 Å². The Morgan fingerprint density at radius 2 is 1.59 bits per heavy atom. The molecule has 4 aromatic rings. The van der Waals surface area contributed by atoms with Crippen molar-refractivity contribution in [2.24, 2.45) is 5.73 Å². The number of aromatic carboxylic acids is 1. The Labute approximate surface area is 169 Å². The lowest BCUT2D eigenvalue weighted by molar-refractivity contribution is 0.0698. The first-order valence-electron chi connectivity index (χ1n) is 9.61. The summed E-state index contributed by atoms with van der Waals surface area (Å²) < 4.78 is 0. The van der Waals surface area contributed by atoms with E-state index in [1.165, 1.54) is 0 Å². The molecule has 4 rings (SSSR count). The molecule has 3 N–H and O–H groups in total. The first-order valence-corrected chi connectivity index (χ1v) is 9.61. The van der Waals surface area contributed by atoms with Gasteiger partial charge in [0.05, 0.1) is 16.8 Å². The summed E-state index contributed by atoms with van der Waals surface area (Å²) in [4.78, 5) is 16.9. The van der Waals surface area contributed by atoms with Crippen LogP contribution in [0.5, 0.6) is 0 Å². The summed E-state index contributed by atoms with van der Waals surface area (Å²) in [5.41, 5.74) is 12.2. The normalized spacial score (nSPS) is 11.0. The lowest BCUT2D eigenvalue weighted by atomic mass is 9.95. The number of aromatic nitrogens is 1. The van der Waals surface area contributed by atoms with Crippen molar-refractivity contribution in [3.8, 4) is 22.4 Å². The zero-order valence-corrected chi connectivity index (χ0v) is 16.2. The van der Waals surface area contributed by atoms with Crippen LogP contribution < -0.4 is 5.73 Å². The van der Waals surface area contributed by atoms with Crippen LogP contribution in [0.15, 0.2) is 72.8 Å². The van der Waals surface area contributed by atoms with E-state index in [0.29, 0.717) is 40.7 Å². The molecule has 4 heteroatoms. The first kappa shape index (κ1) is 18.8. The third-order valence-corrected chi connectivity index (χ3v) is 5.21. The van der Waals surface area contributed by atoms with Crippen LogP contribution in [0.4, 0.5) is 0 Å². The third-order valence-electron chi connectivity index (χ3n) is 5.21. The second-order valence-electron chi connectivity index (χ2n) is 7.10. The highest BCUT2D eigenvalue weighted by atomic mass is 16.4. The van der Waals surface area contributed by atoms with E-state index < -0.39 is 5.97 Å². The quantitative estimate of drug-likeness (QED) is 0.505. The standard InChI is InChI=1S/C25H22N2O2/c1-16-23(25(28)29)21-15-17(13-14-26)7-12-22(21)27-24(16)20-10-8-19(9-11-20)18-5-3-2-4-6-18/h2-12,15H,13-14,26H2,1H3,(H,28,29). The highest BCUT2D eigenvalue weighted by Gasteiger charge is 2.18. The molecule has 29 heavy (non-hydrogen) atoms. The number of carboxylic acid groups (broad SMARTS) is 1. The summed E-state index contributed by atoms with van der Waals surface area (Å²) in [6.07, 6.45) is 0.705. The molecule has 0 aliphatic heterocycles. The summed E-state index contributed by atoms with van der Waals surface area (Å²) in [6, 6.07) is 24.0. The van der Waals surface area contributed by atoms with Gasteiger partial charge in [-0.1, -0.05) is 60.7 Å². The van der Waals surface area contributed by atoms with E-state index >= 15 is 0 Å². The predicted octanol–water partition coefficient (Wildman–Crippen LogP) is 5.08.